The van der Waals surface area contributed by atoms with Crippen molar-refractivity contribution in [1.29, 1.82) is 0 Å². The molecule has 2 aromatic heterocycles. The van der Waals surface area contributed by atoms with E-state index in [1.165, 1.54) is 12.8 Å². The predicted molar refractivity (Wildman–Crippen MR) is 131 cm³/mol. The van der Waals surface area contributed by atoms with E-state index in [1.54, 1.807) is 24.4 Å². The molecule has 33 heavy (non-hydrogen) atoms. The smallest absolute Gasteiger partial charge is 0.224 e. The summed E-state index contributed by atoms with van der Waals surface area (Å²) in [6.45, 7) is 0. The van der Waals surface area contributed by atoms with Crippen molar-refractivity contribution in [3.63, 3.8) is 0 Å². The minimum atomic E-state index is -0.226. The maximum absolute atomic E-state index is 11.7. The van der Waals surface area contributed by atoms with Crippen LogP contribution in [0.15, 0.2) is 24.4 Å². The van der Waals surface area contributed by atoms with Gasteiger partial charge in [-0.15, -0.1) is 0 Å². The number of carbonyl (C=O) groups is 1. The molecule has 2 heterocycles. The summed E-state index contributed by atoms with van der Waals surface area (Å²) < 4.78 is 2.10. The number of nitrogens with one attached hydrogen (secondary N) is 2. The Labute approximate surface area is 202 Å². The molecule has 0 radical (unpaired) electrons. The highest BCUT2D eigenvalue weighted by molar-refractivity contribution is 6.39. The SMILES string of the molecule is NC(=O)C1CCC(n2c(Nc3c(Cl)cccc3Cl)nc3cnc(NC4CCCC4)nc32)CC1. The van der Waals surface area contributed by atoms with Crippen LogP contribution >= 0.6 is 23.2 Å². The Kier molecular flexibility index (Phi) is 6.29. The summed E-state index contributed by atoms with van der Waals surface area (Å²) in [5, 5.41) is 7.82. The molecule has 0 aliphatic heterocycles. The van der Waals surface area contributed by atoms with Gasteiger partial charge < -0.3 is 16.4 Å². The maximum atomic E-state index is 11.7. The van der Waals surface area contributed by atoms with Crippen LogP contribution in [0.1, 0.15) is 57.4 Å². The highest BCUT2D eigenvalue weighted by Crippen LogP contribution is 2.39. The average Bonchev–Trinajstić information content (AvgIpc) is 3.44. The van der Waals surface area contributed by atoms with Crippen LogP contribution in [0.3, 0.4) is 0 Å². The Bertz CT molecular complexity index is 1150. The lowest BCUT2D eigenvalue weighted by Crippen LogP contribution is -2.28. The molecule has 4 N–H and O–H groups in total. The second-order valence-corrected chi connectivity index (χ2v) is 9.78. The first kappa shape index (κ1) is 22.2. The Hall–Kier alpha value is -2.58. The third-order valence-electron chi connectivity index (χ3n) is 6.78. The molecule has 1 aromatic carbocycles. The van der Waals surface area contributed by atoms with Crippen LogP contribution in [0.5, 0.6) is 0 Å². The molecule has 8 nitrogen and oxygen atoms in total. The van der Waals surface area contributed by atoms with E-state index in [1.807, 2.05) is 0 Å². The predicted octanol–water partition coefficient (Wildman–Crippen LogP) is 5.45. The van der Waals surface area contributed by atoms with Crippen molar-refractivity contribution in [3.05, 3.63) is 34.4 Å². The summed E-state index contributed by atoms with van der Waals surface area (Å²) in [6.07, 6.45) is 9.57. The number of rotatable bonds is 6. The molecule has 174 valence electrons. The van der Waals surface area contributed by atoms with Gasteiger partial charge in [0.25, 0.3) is 0 Å². The van der Waals surface area contributed by atoms with Crippen LogP contribution < -0.4 is 16.4 Å². The molecule has 1 amide bonds. The van der Waals surface area contributed by atoms with E-state index in [0.29, 0.717) is 39.2 Å². The Morgan fingerprint density at radius 1 is 1.03 bits per heavy atom. The number of primary amides is 1. The lowest BCUT2D eigenvalue weighted by molar-refractivity contribution is -0.122. The number of benzene rings is 1. The van der Waals surface area contributed by atoms with Crippen LogP contribution in [0.25, 0.3) is 11.2 Å². The summed E-state index contributed by atoms with van der Waals surface area (Å²) in [6, 6.07) is 5.89. The number of hydrogen-bond donors (Lipinski definition) is 3. The quantitative estimate of drug-likeness (QED) is 0.426. The fourth-order valence-corrected chi connectivity index (χ4v) is 5.49. The van der Waals surface area contributed by atoms with Crippen LogP contribution in [-0.4, -0.2) is 31.5 Å². The van der Waals surface area contributed by atoms with Crippen molar-refractivity contribution >= 4 is 57.9 Å². The maximum Gasteiger partial charge on any atom is 0.224 e. The van der Waals surface area contributed by atoms with Gasteiger partial charge in [0.15, 0.2) is 5.65 Å². The highest BCUT2D eigenvalue weighted by atomic mass is 35.5. The number of amides is 1. The number of aromatic nitrogens is 4. The van der Waals surface area contributed by atoms with Crippen LogP contribution in [0.2, 0.25) is 10.0 Å². The van der Waals surface area contributed by atoms with Crippen molar-refractivity contribution in [3.8, 4) is 0 Å². The zero-order valence-electron chi connectivity index (χ0n) is 18.2. The van der Waals surface area contributed by atoms with Crippen molar-refractivity contribution < 1.29 is 4.79 Å². The monoisotopic (exact) mass is 487 g/mol. The minimum Gasteiger partial charge on any atom is -0.369 e. The highest BCUT2D eigenvalue weighted by Gasteiger charge is 2.29. The molecule has 0 spiro atoms. The fraction of sp³-hybridized carbons (Fsp3) is 0.478. The first-order valence-electron chi connectivity index (χ1n) is 11.5. The van der Waals surface area contributed by atoms with Crippen molar-refractivity contribution in [2.45, 2.75) is 63.5 Å². The van der Waals surface area contributed by atoms with Gasteiger partial charge in [0.05, 0.1) is 21.9 Å². The van der Waals surface area contributed by atoms with E-state index in [4.69, 9.17) is 38.9 Å². The summed E-state index contributed by atoms with van der Waals surface area (Å²) in [7, 11) is 0. The second kappa shape index (κ2) is 9.35. The lowest BCUT2D eigenvalue weighted by Gasteiger charge is -2.29. The van der Waals surface area contributed by atoms with E-state index in [2.05, 4.69) is 20.2 Å². The molecule has 0 bridgehead atoms. The van der Waals surface area contributed by atoms with Crippen molar-refractivity contribution in [1.82, 2.24) is 19.5 Å². The first-order valence-corrected chi connectivity index (χ1v) is 12.3. The van der Waals surface area contributed by atoms with E-state index < -0.39 is 0 Å². The van der Waals surface area contributed by atoms with E-state index in [9.17, 15) is 4.79 Å². The molecule has 2 aliphatic rings. The van der Waals surface area contributed by atoms with Crippen LogP contribution in [-0.2, 0) is 4.79 Å². The van der Waals surface area contributed by atoms with Gasteiger partial charge in [-0.05, 0) is 50.7 Å². The molecule has 5 rings (SSSR count). The van der Waals surface area contributed by atoms with Gasteiger partial charge in [0.1, 0.15) is 5.52 Å². The molecule has 2 saturated carbocycles. The van der Waals surface area contributed by atoms with Crippen molar-refractivity contribution in [2.75, 3.05) is 10.6 Å². The largest absolute Gasteiger partial charge is 0.369 e. The first-order chi connectivity index (χ1) is 16.0. The summed E-state index contributed by atoms with van der Waals surface area (Å²) in [5.74, 6) is 0.911. The zero-order valence-corrected chi connectivity index (χ0v) is 19.7. The van der Waals surface area contributed by atoms with E-state index >= 15 is 0 Å². The third kappa shape index (κ3) is 4.59. The summed E-state index contributed by atoms with van der Waals surface area (Å²) in [5.41, 5.74) is 7.59. The summed E-state index contributed by atoms with van der Waals surface area (Å²) in [4.78, 5) is 25.8. The van der Waals surface area contributed by atoms with E-state index in [0.717, 1.165) is 44.2 Å². The van der Waals surface area contributed by atoms with Crippen LogP contribution in [0.4, 0.5) is 17.6 Å². The number of nitrogens with two attached hydrogens (primary N) is 1. The molecule has 2 fully saturated rings. The number of para-hydroxylation sites is 1. The zero-order chi connectivity index (χ0) is 22.9. The lowest BCUT2D eigenvalue weighted by atomic mass is 9.85. The molecule has 0 unspecified atom stereocenters. The van der Waals surface area contributed by atoms with Gasteiger partial charge in [-0.1, -0.05) is 42.1 Å². The number of imidazole rings is 1. The van der Waals surface area contributed by atoms with Gasteiger partial charge in [-0.25, -0.2) is 9.97 Å². The number of fused-ring (bicyclic) bond motifs is 1. The van der Waals surface area contributed by atoms with Gasteiger partial charge in [-0.3, -0.25) is 9.36 Å². The van der Waals surface area contributed by atoms with Gasteiger partial charge in [-0.2, -0.15) is 4.98 Å². The normalized spacial score (nSPS) is 21.4. The third-order valence-corrected chi connectivity index (χ3v) is 7.41. The molecule has 0 atom stereocenters. The second-order valence-electron chi connectivity index (χ2n) is 8.96. The summed E-state index contributed by atoms with van der Waals surface area (Å²) >= 11 is 12.8. The molecule has 3 aromatic rings. The number of hydrogen-bond acceptors (Lipinski definition) is 6. The van der Waals surface area contributed by atoms with Gasteiger partial charge >= 0.3 is 0 Å². The van der Waals surface area contributed by atoms with E-state index in [-0.39, 0.29) is 17.9 Å². The molecule has 0 saturated heterocycles. The number of halogens is 2. The number of nitrogens with zero attached hydrogens (tertiary/aromatic N) is 4. The van der Waals surface area contributed by atoms with Gasteiger partial charge in [0, 0.05) is 18.0 Å². The molecule has 10 heteroatoms. The van der Waals surface area contributed by atoms with Gasteiger partial charge in [0.2, 0.25) is 17.8 Å². The fourth-order valence-electron chi connectivity index (χ4n) is 4.99. The number of anilines is 3. The standard InChI is InChI=1S/C23H27Cl2N7O/c24-16-6-3-7-17(25)19(16)30-23-29-18-12-27-22(28-14-4-1-2-5-14)31-21(18)32(23)15-10-8-13(9-11-15)20(26)33/h3,6-7,12-15H,1-2,4-5,8-11H2,(H2,26,33)(H,29,30)(H,27,28,31). The van der Waals surface area contributed by atoms with Crippen molar-refractivity contribution in [2.24, 2.45) is 11.7 Å². The minimum absolute atomic E-state index is 0.0836. The Balaban J connectivity index is 1.53. The van der Waals surface area contributed by atoms with Crippen LogP contribution in [0, 0.1) is 5.92 Å². The molecule has 2 aliphatic carbocycles. The Morgan fingerprint density at radius 2 is 1.73 bits per heavy atom. The molecular weight excluding hydrogens is 461 g/mol. The topological polar surface area (TPSA) is 111 Å². The molecular formula is C23H27Cl2N7O. The Morgan fingerprint density at radius 3 is 2.39 bits per heavy atom. The average molecular weight is 488 g/mol. The number of carbonyl (C=O) groups excluding carboxylic acids is 1.